The molecule has 0 aliphatic rings. The quantitative estimate of drug-likeness (QED) is 0.641. The molecule has 0 saturated heterocycles. The van der Waals surface area contributed by atoms with Gasteiger partial charge in [0.05, 0.1) is 7.11 Å². The third-order valence-corrected chi connectivity index (χ3v) is 3.71. The number of ether oxygens (including phenoxy) is 2. The van der Waals surface area contributed by atoms with Gasteiger partial charge < -0.3 is 9.47 Å². The van der Waals surface area contributed by atoms with E-state index in [-0.39, 0.29) is 0 Å². The molecule has 0 fully saturated rings. The van der Waals surface area contributed by atoms with Crippen molar-refractivity contribution in [2.45, 2.75) is 33.1 Å². The van der Waals surface area contributed by atoms with Gasteiger partial charge in [-0.1, -0.05) is 38.1 Å². The Kier molecular flexibility index (Phi) is 5.26. The molecule has 0 spiro atoms. The number of methoxy groups -OCH3 is 1. The van der Waals surface area contributed by atoms with E-state index >= 15 is 0 Å². The Balaban J connectivity index is 2.34. The second kappa shape index (κ2) is 7.17. The van der Waals surface area contributed by atoms with Gasteiger partial charge in [0.25, 0.3) is 0 Å². The summed E-state index contributed by atoms with van der Waals surface area (Å²) < 4.78 is 11.6. The molecule has 2 rings (SSSR count). The minimum Gasteiger partial charge on any atom is -0.493 e. The van der Waals surface area contributed by atoms with Crippen LogP contribution in [0.1, 0.15) is 36.5 Å². The van der Waals surface area contributed by atoms with Crippen molar-refractivity contribution in [3.63, 3.8) is 0 Å². The first-order valence-electron chi connectivity index (χ1n) is 7.61. The summed E-state index contributed by atoms with van der Waals surface area (Å²) in [6, 6.07) is 12.4. The zero-order valence-corrected chi connectivity index (χ0v) is 13.8. The van der Waals surface area contributed by atoms with Crippen molar-refractivity contribution in [1.82, 2.24) is 0 Å². The first-order chi connectivity index (χ1) is 10.5. The smallest absolute Gasteiger partial charge is 0.169 e. The van der Waals surface area contributed by atoms with E-state index < -0.39 is 0 Å². The Morgan fingerprint density at radius 1 is 1.05 bits per heavy atom. The van der Waals surface area contributed by atoms with Gasteiger partial charge in [0.2, 0.25) is 0 Å². The van der Waals surface area contributed by atoms with Gasteiger partial charge in [-0.15, -0.1) is 6.58 Å². The summed E-state index contributed by atoms with van der Waals surface area (Å²) in [5, 5.41) is 0. The number of allylic oxidation sites excluding steroid dienone is 1. The summed E-state index contributed by atoms with van der Waals surface area (Å²) >= 11 is 0. The van der Waals surface area contributed by atoms with Crippen LogP contribution in [0.2, 0.25) is 0 Å². The van der Waals surface area contributed by atoms with E-state index in [4.69, 9.17) is 9.47 Å². The van der Waals surface area contributed by atoms with Gasteiger partial charge in [-0.05, 0) is 54.2 Å². The summed E-state index contributed by atoms with van der Waals surface area (Å²) in [7, 11) is 1.66. The molecule has 22 heavy (non-hydrogen) atoms. The van der Waals surface area contributed by atoms with Crippen LogP contribution in [-0.4, -0.2) is 7.11 Å². The molecule has 0 unspecified atom stereocenters. The van der Waals surface area contributed by atoms with Gasteiger partial charge in [-0.2, -0.15) is 0 Å². The van der Waals surface area contributed by atoms with Crippen LogP contribution in [0.25, 0.3) is 0 Å². The predicted molar refractivity (Wildman–Crippen MR) is 92.2 cm³/mol. The number of rotatable bonds is 6. The fourth-order valence-electron chi connectivity index (χ4n) is 2.29. The third-order valence-electron chi connectivity index (χ3n) is 3.71. The monoisotopic (exact) mass is 296 g/mol. The van der Waals surface area contributed by atoms with Crippen molar-refractivity contribution in [1.29, 1.82) is 0 Å². The topological polar surface area (TPSA) is 18.5 Å². The van der Waals surface area contributed by atoms with Gasteiger partial charge in [-0.3, -0.25) is 0 Å². The zero-order valence-electron chi connectivity index (χ0n) is 13.8. The largest absolute Gasteiger partial charge is 0.493 e. The summed E-state index contributed by atoms with van der Waals surface area (Å²) in [5.74, 6) is 2.83. The molecule has 116 valence electrons. The average molecular weight is 296 g/mol. The van der Waals surface area contributed by atoms with Gasteiger partial charge in [0, 0.05) is 0 Å². The molecule has 0 atom stereocenters. The molecule has 0 aromatic heterocycles. The van der Waals surface area contributed by atoms with E-state index in [9.17, 15) is 0 Å². The second-order valence-electron chi connectivity index (χ2n) is 5.76. The Morgan fingerprint density at radius 2 is 1.82 bits per heavy atom. The van der Waals surface area contributed by atoms with Crippen molar-refractivity contribution >= 4 is 0 Å². The number of benzene rings is 2. The summed E-state index contributed by atoms with van der Waals surface area (Å²) in [5.41, 5.74) is 3.54. The maximum Gasteiger partial charge on any atom is 0.169 e. The molecule has 2 aromatic rings. The van der Waals surface area contributed by atoms with Crippen LogP contribution < -0.4 is 9.47 Å². The van der Waals surface area contributed by atoms with Crippen LogP contribution in [0.15, 0.2) is 49.1 Å². The lowest BCUT2D eigenvalue weighted by Gasteiger charge is -2.15. The number of hydrogen-bond acceptors (Lipinski definition) is 2. The molecule has 0 N–H and O–H groups in total. The first-order valence-corrected chi connectivity index (χ1v) is 7.61. The molecule has 2 heteroatoms. The minimum atomic E-state index is 0.472. The normalized spacial score (nSPS) is 10.6. The van der Waals surface area contributed by atoms with Gasteiger partial charge in [0.1, 0.15) is 5.75 Å². The molecule has 0 heterocycles. The van der Waals surface area contributed by atoms with Crippen LogP contribution in [0, 0.1) is 6.92 Å². The fourth-order valence-corrected chi connectivity index (χ4v) is 2.29. The maximum atomic E-state index is 6.10. The first kappa shape index (κ1) is 16.2. The predicted octanol–water partition coefficient (Wildman–Crippen LogP) is 5.65. The highest BCUT2D eigenvalue weighted by atomic mass is 16.5. The third kappa shape index (κ3) is 3.70. The van der Waals surface area contributed by atoms with Crippen LogP contribution in [-0.2, 0) is 6.42 Å². The van der Waals surface area contributed by atoms with E-state index in [1.807, 2.05) is 24.3 Å². The van der Waals surface area contributed by atoms with Crippen LogP contribution in [0.4, 0.5) is 0 Å². The van der Waals surface area contributed by atoms with Crippen molar-refractivity contribution in [3.05, 3.63) is 65.7 Å². The molecule has 0 bridgehead atoms. The van der Waals surface area contributed by atoms with Crippen LogP contribution in [0.3, 0.4) is 0 Å². The molecule has 2 aromatic carbocycles. The molecule has 0 aliphatic carbocycles. The highest BCUT2D eigenvalue weighted by Gasteiger charge is 2.10. The summed E-state index contributed by atoms with van der Waals surface area (Å²) in [6.07, 6.45) is 2.70. The van der Waals surface area contributed by atoms with Crippen LogP contribution >= 0.6 is 0 Å². The second-order valence-corrected chi connectivity index (χ2v) is 5.76. The molecule has 0 aliphatic heterocycles. The Labute approximate surface area is 133 Å². The lowest BCUT2D eigenvalue weighted by Crippen LogP contribution is -1.95. The lowest BCUT2D eigenvalue weighted by molar-refractivity contribution is 0.377. The van der Waals surface area contributed by atoms with Crippen molar-refractivity contribution in [3.8, 4) is 17.2 Å². The van der Waals surface area contributed by atoms with E-state index in [1.54, 1.807) is 7.11 Å². The molecular formula is C20H24O2. The molecule has 0 saturated carbocycles. The van der Waals surface area contributed by atoms with E-state index in [2.05, 4.69) is 45.5 Å². The Hall–Kier alpha value is -2.22. The van der Waals surface area contributed by atoms with Crippen molar-refractivity contribution in [2.24, 2.45) is 0 Å². The fraction of sp³-hybridized carbons (Fsp3) is 0.300. The highest BCUT2D eigenvalue weighted by Crippen LogP contribution is 2.35. The Morgan fingerprint density at radius 3 is 2.45 bits per heavy atom. The van der Waals surface area contributed by atoms with Gasteiger partial charge in [0.15, 0.2) is 11.5 Å². The molecule has 0 radical (unpaired) electrons. The molecular weight excluding hydrogens is 272 g/mol. The lowest BCUT2D eigenvalue weighted by atomic mass is 10.0. The average Bonchev–Trinajstić information content (AvgIpc) is 2.50. The summed E-state index contributed by atoms with van der Waals surface area (Å²) in [6.45, 7) is 10.2. The molecule has 2 nitrogen and oxygen atoms in total. The van der Waals surface area contributed by atoms with E-state index in [1.165, 1.54) is 5.56 Å². The highest BCUT2D eigenvalue weighted by molar-refractivity contribution is 5.48. The number of hydrogen-bond donors (Lipinski definition) is 0. The van der Waals surface area contributed by atoms with Gasteiger partial charge >= 0.3 is 0 Å². The summed E-state index contributed by atoms with van der Waals surface area (Å²) in [4.78, 5) is 0. The standard InChI is InChI=1S/C20H24O2/c1-6-7-16-9-11-18(20(12-16)21-5)22-19-13-17(14(2)3)10-8-15(19)4/h6,8-14H,1,7H2,2-5H3. The van der Waals surface area contributed by atoms with Crippen molar-refractivity contribution in [2.75, 3.05) is 7.11 Å². The Bertz CT molecular complexity index is 657. The van der Waals surface area contributed by atoms with E-state index in [0.717, 1.165) is 34.8 Å². The minimum absolute atomic E-state index is 0.472. The zero-order chi connectivity index (χ0) is 16.1. The SMILES string of the molecule is C=CCc1ccc(Oc2cc(C(C)C)ccc2C)c(OC)c1. The van der Waals surface area contributed by atoms with Gasteiger partial charge in [-0.25, -0.2) is 0 Å². The van der Waals surface area contributed by atoms with Crippen molar-refractivity contribution < 1.29 is 9.47 Å². The number of aryl methyl sites for hydroxylation is 1. The molecule has 0 amide bonds. The van der Waals surface area contributed by atoms with E-state index in [0.29, 0.717) is 5.92 Å². The van der Waals surface area contributed by atoms with Crippen LogP contribution in [0.5, 0.6) is 17.2 Å². The maximum absolute atomic E-state index is 6.10.